The van der Waals surface area contributed by atoms with Gasteiger partial charge in [-0.15, -0.1) is 0 Å². The van der Waals surface area contributed by atoms with E-state index in [-0.39, 0.29) is 17.8 Å². The van der Waals surface area contributed by atoms with Crippen molar-refractivity contribution in [3.8, 4) is 16.9 Å². The van der Waals surface area contributed by atoms with Crippen LogP contribution in [0.5, 0.6) is 5.75 Å². The highest BCUT2D eigenvalue weighted by molar-refractivity contribution is 5.79. The number of hydrogen-bond acceptors (Lipinski definition) is 4. The summed E-state index contributed by atoms with van der Waals surface area (Å²) in [7, 11) is 0. The molecule has 3 aromatic rings. The number of benzene rings is 2. The lowest BCUT2D eigenvalue weighted by atomic mass is 10.0. The van der Waals surface area contributed by atoms with Crippen molar-refractivity contribution in [1.29, 1.82) is 0 Å². The molecule has 0 saturated heterocycles. The Kier molecular flexibility index (Phi) is 5.02. The number of fused-ring (bicyclic) bond motifs is 1. The Morgan fingerprint density at radius 3 is 2.82 bits per heavy atom. The van der Waals surface area contributed by atoms with E-state index in [1.54, 1.807) is 12.4 Å². The average molecular weight is 377 g/mol. The fourth-order valence-corrected chi connectivity index (χ4v) is 3.43. The van der Waals surface area contributed by atoms with Crippen LogP contribution in [0.25, 0.3) is 11.1 Å². The molecule has 1 aromatic heterocycles. The van der Waals surface area contributed by atoms with Crippen molar-refractivity contribution < 1.29 is 13.9 Å². The molecule has 0 bridgehead atoms. The van der Waals surface area contributed by atoms with E-state index in [9.17, 15) is 9.18 Å². The maximum Gasteiger partial charge on any atom is 0.224 e. The smallest absolute Gasteiger partial charge is 0.224 e. The molecule has 6 heteroatoms. The van der Waals surface area contributed by atoms with E-state index in [4.69, 9.17) is 4.74 Å². The molecule has 1 amide bonds. The number of halogens is 1. The van der Waals surface area contributed by atoms with E-state index in [1.807, 2.05) is 31.2 Å². The maximum atomic E-state index is 14.1. The molecule has 5 nitrogen and oxygen atoms in total. The van der Waals surface area contributed by atoms with Gasteiger partial charge in [0.15, 0.2) is 0 Å². The molecule has 0 spiro atoms. The predicted molar refractivity (Wildman–Crippen MR) is 103 cm³/mol. The summed E-state index contributed by atoms with van der Waals surface area (Å²) in [5, 5.41) is 2.93. The minimum atomic E-state index is -0.328. The van der Waals surface area contributed by atoms with Gasteiger partial charge in [0.2, 0.25) is 5.91 Å². The van der Waals surface area contributed by atoms with Crippen LogP contribution in [0.1, 0.15) is 16.7 Å². The Hall–Kier alpha value is -3.28. The second kappa shape index (κ2) is 7.76. The van der Waals surface area contributed by atoms with E-state index in [0.717, 1.165) is 16.7 Å². The van der Waals surface area contributed by atoms with E-state index in [0.29, 0.717) is 36.3 Å². The lowest BCUT2D eigenvalue weighted by Crippen LogP contribution is -2.35. The van der Waals surface area contributed by atoms with Gasteiger partial charge in [-0.1, -0.05) is 24.3 Å². The molecule has 28 heavy (non-hydrogen) atoms. The third-order valence-electron chi connectivity index (χ3n) is 4.87. The standard InChI is InChI=1S/C22H20FN3O2/c1-14-4-2-3-5-15(14)8-21(27)26-12-19-7-16-6-18(23)9-20(22(16)28-19)17-10-24-13-25-11-17/h2-6,9-11,13,19H,7-8,12H2,1H3,(H,26,27)/t19-/m0/s1. The zero-order valence-corrected chi connectivity index (χ0v) is 15.5. The largest absolute Gasteiger partial charge is 0.487 e. The normalized spacial score (nSPS) is 15.0. The van der Waals surface area contributed by atoms with Crippen LogP contribution in [0.15, 0.2) is 55.1 Å². The molecular formula is C22H20FN3O2. The second-order valence-corrected chi connectivity index (χ2v) is 6.92. The lowest BCUT2D eigenvalue weighted by molar-refractivity contribution is -0.120. The fourth-order valence-electron chi connectivity index (χ4n) is 3.43. The van der Waals surface area contributed by atoms with E-state index < -0.39 is 0 Å². The van der Waals surface area contributed by atoms with E-state index >= 15 is 0 Å². The number of rotatable bonds is 5. The highest BCUT2D eigenvalue weighted by atomic mass is 19.1. The fraction of sp³-hybridized carbons (Fsp3) is 0.227. The summed E-state index contributed by atoms with van der Waals surface area (Å²) in [6.07, 6.45) is 5.31. The van der Waals surface area contributed by atoms with Gasteiger partial charge in [-0.3, -0.25) is 4.79 Å². The van der Waals surface area contributed by atoms with Gasteiger partial charge < -0.3 is 10.1 Å². The summed E-state index contributed by atoms with van der Waals surface area (Å²) in [5.41, 5.74) is 4.21. The van der Waals surface area contributed by atoms with Crippen LogP contribution < -0.4 is 10.1 Å². The van der Waals surface area contributed by atoms with E-state index in [2.05, 4.69) is 15.3 Å². The molecule has 2 heterocycles. The van der Waals surface area contributed by atoms with Crippen molar-refractivity contribution in [1.82, 2.24) is 15.3 Å². The van der Waals surface area contributed by atoms with Gasteiger partial charge in [0.1, 0.15) is 24.0 Å². The minimum absolute atomic E-state index is 0.0586. The van der Waals surface area contributed by atoms with Crippen LogP contribution in [-0.2, 0) is 17.6 Å². The molecule has 0 aliphatic carbocycles. The minimum Gasteiger partial charge on any atom is -0.487 e. The molecule has 142 valence electrons. The molecule has 1 aliphatic heterocycles. The Labute approximate surface area is 162 Å². The van der Waals surface area contributed by atoms with Gasteiger partial charge in [0.05, 0.1) is 13.0 Å². The van der Waals surface area contributed by atoms with E-state index in [1.165, 1.54) is 18.5 Å². The van der Waals surface area contributed by atoms with Crippen LogP contribution in [0.3, 0.4) is 0 Å². The first-order valence-corrected chi connectivity index (χ1v) is 9.16. The molecule has 0 fully saturated rings. The van der Waals surface area contributed by atoms with Gasteiger partial charge >= 0.3 is 0 Å². The van der Waals surface area contributed by atoms with Crippen molar-refractivity contribution in [3.63, 3.8) is 0 Å². The van der Waals surface area contributed by atoms with Gasteiger partial charge in [-0.25, -0.2) is 14.4 Å². The summed E-state index contributed by atoms with van der Waals surface area (Å²) in [4.78, 5) is 20.3. The van der Waals surface area contributed by atoms with Crippen molar-refractivity contribution in [2.75, 3.05) is 6.54 Å². The van der Waals surface area contributed by atoms with Gasteiger partial charge in [0.25, 0.3) is 0 Å². The van der Waals surface area contributed by atoms with Crippen molar-refractivity contribution >= 4 is 5.91 Å². The Morgan fingerprint density at radius 2 is 2.04 bits per heavy atom. The predicted octanol–water partition coefficient (Wildman–Crippen LogP) is 3.25. The van der Waals surface area contributed by atoms with Crippen LogP contribution >= 0.6 is 0 Å². The molecule has 1 N–H and O–H groups in total. The van der Waals surface area contributed by atoms with Crippen molar-refractivity contribution in [2.24, 2.45) is 0 Å². The summed E-state index contributed by atoms with van der Waals surface area (Å²) in [6, 6.07) is 10.7. The summed E-state index contributed by atoms with van der Waals surface area (Å²) < 4.78 is 20.1. The van der Waals surface area contributed by atoms with Crippen LogP contribution in [-0.4, -0.2) is 28.5 Å². The number of carbonyl (C=O) groups is 1. The van der Waals surface area contributed by atoms with Crippen LogP contribution in [0.4, 0.5) is 4.39 Å². The molecule has 4 rings (SSSR count). The highest BCUT2D eigenvalue weighted by Crippen LogP contribution is 2.39. The number of nitrogens with zero attached hydrogens (tertiary/aromatic N) is 2. The van der Waals surface area contributed by atoms with Crippen molar-refractivity contribution in [2.45, 2.75) is 25.9 Å². The van der Waals surface area contributed by atoms with Gasteiger partial charge in [0, 0.05) is 35.5 Å². The van der Waals surface area contributed by atoms with Gasteiger partial charge in [-0.2, -0.15) is 0 Å². The zero-order chi connectivity index (χ0) is 19.5. The second-order valence-electron chi connectivity index (χ2n) is 6.92. The zero-order valence-electron chi connectivity index (χ0n) is 15.5. The first-order valence-electron chi connectivity index (χ1n) is 9.16. The Bertz CT molecular complexity index is 1010. The number of ether oxygens (including phenoxy) is 1. The summed E-state index contributed by atoms with van der Waals surface area (Å²) >= 11 is 0. The molecule has 0 unspecified atom stereocenters. The molecular weight excluding hydrogens is 357 g/mol. The topological polar surface area (TPSA) is 64.1 Å². The first-order chi connectivity index (χ1) is 13.6. The highest BCUT2D eigenvalue weighted by Gasteiger charge is 2.27. The number of aryl methyl sites for hydroxylation is 1. The SMILES string of the molecule is Cc1ccccc1CC(=O)NC[C@@H]1Cc2cc(F)cc(-c3cncnc3)c2O1. The number of hydrogen-bond donors (Lipinski definition) is 1. The maximum absolute atomic E-state index is 14.1. The van der Waals surface area contributed by atoms with Crippen molar-refractivity contribution in [3.05, 3.63) is 77.6 Å². The molecule has 2 aromatic carbocycles. The average Bonchev–Trinajstić information content (AvgIpc) is 3.11. The first kappa shape index (κ1) is 18.1. The number of nitrogens with one attached hydrogen (secondary N) is 1. The van der Waals surface area contributed by atoms with Crippen LogP contribution in [0.2, 0.25) is 0 Å². The van der Waals surface area contributed by atoms with Gasteiger partial charge in [-0.05, 0) is 30.2 Å². The quantitative estimate of drug-likeness (QED) is 0.741. The third-order valence-corrected chi connectivity index (χ3v) is 4.87. The number of aromatic nitrogens is 2. The van der Waals surface area contributed by atoms with Crippen LogP contribution in [0, 0.1) is 12.7 Å². The number of carbonyl (C=O) groups excluding carboxylic acids is 1. The summed E-state index contributed by atoms with van der Waals surface area (Å²) in [5.74, 6) is 0.247. The monoisotopic (exact) mass is 377 g/mol. The molecule has 1 atom stereocenters. The number of amides is 1. The molecule has 0 radical (unpaired) electrons. The molecule has 0 saturated carbocycles. The summed E-state index contributed by atoms with van der Waals surface area (Å²) in [6.45, 7) is 2.36. The Balaban J connectivity index is 1.43. The lowest BCUT2D eigenvalue weighted by Gasteiger charge is -2.14. The third kappa shape index (κ3) is 3.86. The Morgan fingerprint density at radius 1 is 1.25 bits per heavy atom. The molecule has 1 aliphatic rings.